The smallest absolute Gasteiger partial charge is 0.306 e. The van der Waals surface area contributed by atoms with Gasteiger partial charge in [0.2, 0.25) is 0 Å². The minimum absolute atomic E-state index is 0.0813. The van der Waals surface area contributed by atoms with Crippen LogP contribution in [0.2, 0.25) is 0 Å². The topological polar surface area (TPSA) is 78.9 Å². The Hall–Kier alpha value is -2.89. The summed E-state index contributed by atoms with van der Waals surface area (Å²) in [7, 11) is 0. The molecule has 0 aliphatic carbocycles. The number of hydrogen-bond donors (Lipinski definition) is 0. The number of rotatable bonds is 36. The molecule has 0 fully saturated rings. The van der Waals surface area contributed by atoms with E-state index in [9.17, 15) is 14.4 Å². The third kappa shape index (κ3) is 38.2. The average molecular weight is 713 g/mol. The van der Waals surface area contributed by atoms with Gasteiger partial charge in [-0.1, -0.05) is 165 Å². The van der Waals surface area contributed by atoms with E-state index >= 15 is 0 Å². The zero-order chi connectivity index (χ0) is 37.3. The predicted octanol–water partition coefficient (Wildman–Crippen LogP) is 13.0. The maximum atomic E-state index is 12.5. The first-order valence-corrected chi connectivity index (χ1v) is 20.8. The summed E-state index contributed by atoms with van der Waals surface area (Å²) in [6.07, 6.45) is 46.7. The number of ether oxygens (including phenoxy) is 3. The number of unbranched alkanes of at least 4 members (excludes halogenated alkanes) is 15. The summed E-state index contributed by atoms with van der Waals surface area (Å²) < 4.78 is 16.5. The fourth-order valence-electron chi connectivity index (χ4n) is 5.41. The molecule has 0 aliphatic rings. The molecule has 0 heterocycles. The van der Waals surface area contributed by atoms with Crippen LogP contribution < -0.4 is 0 Å². The lowest BCUT2D eigenvalue weighted by atomic mass is 10.1. The normalized spacial score (nSPS) is 12.6. The second-order valence-electron chi connectivity index (χ2n) is 13.5. The molecule has 6 heteroatoms. The molecular formula is C45H76O6. The van der Waals surface area contributed by atoms with Gasteiger partial charge in [-0.05, 0) is 64.2 Å². The van der Waals surface area contributed by atoms with Gasteiger partial charge in [0.15, 0.2) is 6.10 Å². The first-order chi connectivity index (χ1) is 25.0. The highest BCUT2D eigenvalue weighted by Crippen LogP contribution is 2.12. The van der Waals surface area contributed by atoms with Gasteiger partial charge in [-0.2, -0.15) is 0 Å². The molecule has 0 bridgehead atoms. The van der Waals surface area contributed by atoms with Gasteiger partial charge in [0.1, 0.15) is 13.2 Å². The average Bonchev–Trinajstić information content (AvgIpc) is 3.13. The molecule has 0 amide bonds. The molecule has 51 heavy (non-hydrogen) atoms. The van der Waals surface area contributed by atoms with E-state index in [1.165, 1.54) is 38.5 Å². The highest BCUT2D eigenvalue weighted by Gasteiger charge is 2.19. The summed E-state index contributed by atoms with van der Waals surface area (Å²) in [5, 5.41) is 0. The fraction of sp³-hybridized carbons (Fsp3) is 0.711. The number of allylic oxidation sites excluding steroid dienone is 10. The summed E-state index contributed by atoms with van der Waals surface area (Å²) in [6, 6.07) is 0. The Morgan fingerprint density at radius 3 is 1.20 bits per heavy atom. The largest absolute Gasteiger partial charge is 0.462 e. The third-order valence-electron chi connectivity index (χ3n) is 8.54. The lowest BCUT2D eigenvalue weighted by Crippen LogP contribution is -2.30. The van der Waals surface area contributed by atoms with Gasteiger partial charge in [-0.25, -0.2) is 0 Å². The van der Waals surface area contributed by atoms with Crippen molar-refractivity contribution in [3.8, 4) is 0 Å². The van der Waals surface area contributed by atoms with Crippen LogP contribution in [0.3, 0.4) is 0 Å². The van der Waals surface area contributed by atoms with Crippen molar-refractivity contribution >= 4 is 17.9 Å². The van der Waals surface area contributed by atoms with Crippen LogP contribution >= 0.6 is 0 Å². The van der Waals surface area contributed by atoms with Gasteiger partial charge in [0, 0.05) is 19.3 Å². The first-order valence-electron chi connectivity index (χ1n) is 20.8. The third-order valence-corrected chi connectivity index (χ3v) is 8.54. The quantitative estimate of drug-likeness (QED) is 0.0278. The molecule has 0 rings (SSSR count). The summed E-state index contributed by atoms with van der Waals surface area (Å²) >= 11 is 0. The monoisotopic (exact) mass is 713 g/mol. The van der Waals surface area contributed by atoms with Crippen molar-refractivity contribution in [1.82, 2.24) is 0 Å². The minimum atomic E-state index is -0.772. The molecule has 0 aromatic heterocycles. The molecule has 0 N–H and O–H groups in total. The van der Waals surface area contributed by atoms with E-state index < -0.39 is 6.10 Å². The van der Waals surface area contributed by atoms with E-state index in [1.54, 1.807) is 0 Å². The number of hydrogen-bond acceptors (Lipinski definition) is 6. The second-order valence-corrected chi connectivity index (χ2v) is 13.5. The predicted molar refractivity (Wildman–Crippen MR) is 215 cm³/mol. The Kier molecular flexibility index (Phi) is 37.6. The minimum Gasteiger partial charge on any atom is -0.462 e. The molecule has 0 aromatic rings. The van der Waals surface area contributed by atoms with E-state index in [-0.39, 0.29) is 31.1 Å². The number of carbonyl (C=O) groups excluding carboxylic acids is 3. The van der Waals surface area contributed by atoms with Gasteiger partial charge >= 0.3 is 17.9 Å². The Morgan fingerprint density at radius 2 is 0.765 bits per heavy atom. The van der Waals surface area contributed by atoms with E-state index in [1.807, 2.05) is 0 Å². The SMILES string of the molecule is CC/C=C\C/C=C\C/C=C\C/C=C\C/C=C\CCCCCCCC(=O)OCC(COC(=O)CCCCCCCC)OC(=O)CCCCCCCC. The number of esters is 3. The van der Waals surface area contributed by atoms with Crippen LogP contribution in [0.4, 0.5) is 0 Å². The standard InChI is InChI=1S/C45H76O6/c1-4-7-10-13-16-17-18-19-20-21-22-23-24-25-26-27-28-29-30-33-35-38-44(47)50-41-42(51-45(48)39-36-32-15-12-9-6-3)40-49-43(46)37-34-31-14-11-8-5-2/h7,10,16-17,19-20,22-23,25-26,42H,4-6,8-9,11-15,18,21,24,27-41H2,1-3H3/b10-7-,17-16-,20-19-,23-22-,26-25-. The van der Waals surface area contributed by atoms with Crippen LogP contribution in [0, 0.1) is 0 Å². The van der Waals surface area contributed by atoms with Crippen LogP contribution in [0.15, 0.2) is 60.8 Å². The summed E-state index contributed by atoms with van der Waals surface area (Å²) in [4.78, 5) is 37.2. The van der Waals surface area contributed by atoms with Crippen molar-refractivity contribution in [2.75, 3.05) is 13.2 Å². The lowest BCUT2D eigenvalue weighted by Gasteiger charge is -2.18. The highest BCUT2D eigenvalue weighted by molar-refractivity contribution is 5.71. The molecule has 0 spiro atoms. The lowest BCUT2D eigenvalue weighted by molar-refractivity contribution is -0.167. The zero-order valence-corrected chi connectivity index (χ0v) is 33.1. The van der Waals surface area contributed by atoms with Crippen LogP contribution in [-0.4, -0.2) is 37.2 Å². The summed E-state index contributed by atoms with van der Waals surface area (Å²) in [6.45, 7) is 6.35. The molecule has 292 valence electrons. The fourth-order valence-corrected chi connectivity index (χ4v) is 5.41. The Bertz CT molecular complexity index is 960. The maximum Gasteiger partial charge on any atom is 0.306 e. The second kappa shape index (κ2) is 39.9. The van der Waals surface area contributed by atoms with Crippen LogP contribution in [0.25, 0.3) is 0 Å². The molecular weight excluding hydrogens is 636 g/mol. The molecule has 1 atom stereocenters. The van der Waals surface area contributed by atoms with Crippen molar-refractivity contribution < 1.29 is 28.6 Å². The summed E-state index contributed by atoms with van der Waals surface area (Å²) in [5.74, 6) is -0.928. The first kappa shape index (κ1) is 48.1. The van der Waals surface area contributed by atoms with Gasteiger partial charge in [-0.15, -0.1) is 0 Å². The molecule has 1 unspecified atom stereocenters. The molecule has 0 saturated heterocycles. The van der Waals surface area contributed by atoms with Crippen molar-refractivity contribution in [1.29, 1.82) is 0 Å². The van der Waals surface area contributed by atoms with E-state index in [4.69, 9.17) is 14.2 Å². The number of carbonyl (C=O) groups is 3. The molecule has 0 radical (unpaired) electrons. The van der Waals surface area contributed by atoms with Crippen LogP contribution in [0.5, 0.6) is 0 Å². The van der Waals surface area contributed by atoms with E-state index in [0.717, 1.165) is 109 Å². The Balaban J connectivity index is 4.17. The molecule has 0 aromatic carbocycles. The van der Waals surface area contributed by atoms with Crippen molar-refractivity contribution in [3.05, 3.63) is 60.8 Å². The van der Waals surface area contributed by atoms with Crippen molar-refractivity contribution in [3.63, 3.8) is 0 Å². The van der Waals surface area contributed by atoms with E-state index in [2.05, 4.69) is 81.5 Å². The molecule has 0 aliphatic heterocycles. The Labute approximate surface area is 313 Å². The van der Waals surface area contributed by atoms with Gasteiger partial charge in [0.25, 0.3) is 0 Å². The molecule has 0 saturated carbocycles. The summed E-state index contributed by atoms with van der Waals surface area (Å²) in [5.41, 5.74) is 0. The van der Waals surface area contributed by atoms with Crippen LogP contribution in [0.1, 0.15) is 188 Å². The maximum absolute atomic E-state index is 12.5. The van der Waals surface area contributed by atoms with Crippen molar-refractivity contribution in [2.45, 2.75) is 194 Å². The van der Waals surface area contributed by atoms with Crippen molar-refractivity contribution in [2.24, 2.45) is 0 Å². The van der Waals surface area contributed by atoms with Gasteiger partial charge < -0.3 is 14.2 Å². The molecule has 6 nitrogen and oxygen atoms in total. The zero-order valence-electron chi connectivity index (χ0n) is 33.1. The van der Waals surface area contributed by atoms with Gasteiger partial charge in [-0.3, -0.25) is 14.4 Å². The van der Waals surface area contributed by atoms with Crippen LogP contribution in [-0.2, 0) is 28.6 Å². The van der Waals surface area contributed by atoms with E-state index in [0.29, 0.717) is 19.3 Å². The Morgan fingerprint density at radius 1 is 0.412 bits per heavy atom. The van der Waals surface area contributed by atoms with Gasteiger partial charge in [0.05, 0.1) is 0 Å². The highest BCUT2D eigenvalue weighted by atomic mass is 16.6.